The van der Waals surface area contributed by atoms with E-state index < -0.39 is 0 Å². The summed E-state index contributed by atoms with van der Waals surface area (Å²) in [6.07, 6.45) is 23.8. The predicted molar refractivity (Wildman–Crippen MR) is 218 cm³/mol. The number of allylic oxidation sites excluding steroid dienone is 10. The minimum atomic E-state index is 0.255. The lowest BCUT2D eigenvalue weighted by molar-refractivity contribution is 0.572. The summed E-state index contributed by atoms with van der Waals surface area (Å²) in [5.74, 6) is 0.426. The fraction of sp³-hybridized carbons (Fsp3) is 0.184. The second-order valence-corrected chi connectivity index (χ2v) is 13.8. The van der Waals surface area contributed by atoms with Crippen molar-refractivity contribution in [3.8, 4) is 0 Å². The zero-order chi connectivity index (χ0) is 35.2. The SMILES string of the molecule is C=C/C=c1\c(=C(/C)c2ccc(N(C)C3C=CC(c4ccccc4CC(C)c4ccccc4)=C(C4=CC=CC=CC4)CC3)cc2)oc2ccccc12. The first kappa shape index (κ1) is 33.9. The molecule has 0 fully saturated rings. The summed E-state index contributed by atoms with van der Waals surface area (Å²) in [6.45, 7) is 8.44. The van der Waals surface area contributed by atoms with E-state index in [1.165, 1.54) is 39.1 Å². The van der Waals surface area contributed by atoms with Gasteiger partial charge in [-0.2, -0.15) is 0 Å². The van der Waals surface area contributed by atoms with Crippen molar-refractivity contribution in [1.29, 1.82) is 0 Å². The first-order valence-electron chi connectivity index (χ1n) is 18.2. The highest BCUT2D eigenvalue weighted by molar-refractivity contribution is 5.83. The zero-order valence-electron chi connectivity index (χ0n) is 30.1. The molecule has 0 saturated carbocycles. The molecule has 2 heteroatoms. The lowest BCUT2D eigenvalue weighted by Gasteiger charge is -2.28. The third-order valence-electron chi connectivity index (χ3n) is 10.5. The van der Waals surface area contributed by atoms with Gasteiger partial charge in [-0.25, -0.2) is 0 Å². The lowest BCUT2D eigenvalue weighted by Crippen LogP contribution is -2.29. The van der Waals surface area contributed by atoms with Gasteiger partial charge in [0.1, 0.15) is 11.0 Å². The summed E-state index contributed by atoms with van der Waals surface area (Å²) in [4.78, 5) is 2.43. The molecular weight excluding hydrogens is 619 g/mol. The highest BCUT2D eigenvalue weighted by Crippen LogP contribution is 2.38. The molecule has 0 N–H and O–H groups in total. The largest absolute Gasteiger partial charge is 0.456 e. The number of fused-ring (bicyclic) bond motifs is 1. The molecule has 0 radical (unpaired) electrons. The number of furan rings is 1. The number of para-hydroxylation sites is 1. The average molecular weight is 666 g/mol. The molecule has 4 aromatic carbocycles. The molecule has 2 aliphatic rings. The van der Waals surface area contributed by atoms with Gasteiger partial charge in [0.25, 0.3) is 0 Å². The van der Waals surface area contributed by atoms with E-state index >= 15 is 0 Å². The van der Waals surface area contributed by atoms with E-state index in [0.717, 1.165) is 58.4 Å². The van der Waals surface area contributed by atoms with Crippen molar-refractivity contribution in [3.63, 3.8) is 0 Å². The summed E-state index contributed by atoms with van der Waals surface area (Å²) in [7, 11) is 2.23. The topological polar surface area (TPSA) is 16.4 Å². The van der Waals surface area contributed by atoms with Crippen LogP contribution < -0.4 is 15.5 Å². The first-order chi connectivity index (χ1) is 25.0. The Balaban J connectivity index is 1.20. The molecule has 0 aliphatic heterocycles. The summed E-state index contributed by atoms with van der Waals surface area (Å²) in [6, 6.07) is 37.4. The van der Waals surface area contributed by atoms with Gasteiger partial charge in [0.05, 0.1) is 0 Å². The first-order valence-corrected chi connectivity index (χ1v) is 18.2. The number of likely N-dealkylation sites (N-methyl/N-ethyl adjacent to an activating group) is 1. The Morgan fingerprint density at radius 3 is 2.49 bits per heavy atom. The normalized spacial score (nSPS) is 17.6. The molecule has 51 heavy (non-hydrogen) atoms. The Hall–Kier alpha value is -5.60. The summed E-state index contributed by atoms with van der Waals surface area (Å²) >= 11 is 0. The molecule has 7 rings (SSSR count). The van der Waals surface area contributed by atoms with E-state index in [-0.39, 0.29) is 6.04 Å². The quantitative estimate of drug-likeness (QED) is 0.156. The van der Waals surface area contributed by atoms with E-state index in [4.69, 9.17) is 4.42 Å². The fourth-order valence-corrected chi connectivity index (χ4v) is 7.63. The van der Waals surface area contributed by atoms with Crippen LogP contribution in [0, 0.1) is 0 Å². The molecule has 254 valence electrons. The molecule has 0 amide bonds. The van der Waals surface area contributed by atoms with Crippen molar-refractivity contribution in [2.45, 2.75) is 51.5 Å². The van der Waals surface area contributed by atoms with Gasteiger partial charge in [-0.05, 0) is 101 Å². The van der Waals surface area contributed by atoms with Gasteiger partial charge >= 0.3 is 0 Å². The van der Waals surface area contributed by atoms with Crippen LogP contribution in [0.15, 0.2) is 174 Å². The van der Waals surface area contributed by atoms with E-state index in [9.17, 15) is 0 Å². The van der Waals surface area contributed by atoms with Crippen LogP contribution in [0.5, 0.6) is 0 Å². The molecule has 1 heterocycles. The maximum atomic E-state index is 6.37. The standard InChI is InChI=1S/C49H47NO/c1-5-17-47-46-24-15-16-25-48(46)51-49(47)36(3)38-26-28-41(29-27-38)50(4)42-30-32-44(39-20-9-6-7-10-21-39)45(33-31-42)43-23-14-13-22-40(43)34-35(2)37-18-11-8-12-19-37/h5-20,22-29,31,33,35,42H,1,21,30,32,34H2,2-4H3/b47-17-,49-36-. The van der Waals surface area contributed by atoms with Crippen molar-refractivity contribution in [1.82, 2.24) is 0 Å². The Kier molecular flexibility index (Phi) is 10.3. The van der Waals surface area contributed by atoms with Gasteiger partial charge in [-0.1, -0.05) is 153 Å². The molecule has 0 saturated heterocycles. The summed E-state index contributed by atoms with van der Waals surface area (Å²) in [5.41, 5.74) is 13.6. The molecule has 2 atom stereocenters. The Morgan fingerprint density at radius 2 is 1.67 bits per heavy atom. The van der Waals surface area contributed by atoms with Crippen molar-refractivity contribution < 1.29 is 4.42 Å². The van der Waals surface area contributed by atoms with Crippen molar-refractivity contribution in [2.75, 3.05) is 11.9 Å². The maximum absolute atomic E-state index is 6.37. The van der Waals surface area contributed by atoms with Gasteiger partial charge < -0.3 is 9.32 Å². The minimum Gasteiger partial charge on any atom is -0.456 e. The van der Waals surface area contributed by atoms with Crippen LogP contribution >= 0.6 is 0 Å². The predicted octanol–water partition coefficient (Wildman–Crippen LogP) is 11.0. The smallest absolute Gasteiger partial charge is 0.138 e. The molecule has 0 bridgehead atoms. The van der Waals surface area contributed by atoms with Crippen LogP contribution in [-0.2, 0) is 6.42 Å². The molecule has 5 aromatic rings. The fourth-order valence-electron chi connectivity index (χ4n) is 7.63. The zero-order valence-corrected chi connectivity index (χ0v) is 30.1. The van der Waals surface area contributed by atoms with Crippen LogP contribution in [0.1, 0.15) is 61.3 Å². The molecule has 0 spiro atoms. The molecule has 2 nitrogen and oxygen atoms in total. The Labute approximate surface area is 303 Å². The van der Waals surface area contributed by atoms with Crippen molar-refractivity contribution >= 4 is 33.9 Å². The number of anilines is 1. The Bertz CT molecular complexity index is 2310. The second kappa shape index (κ2) is 15.5. The van der Waals surface area contributed by atoms with Crippen LogP contribution in [-0.4, -0.2) is 13.1 Å². The van der Waals surface area contributed by atoms with E-state index in [1.54, 1.807) is 0 Å². The molecule has 1 aromatic heterocycles. The van der Waals surface area contributed by atoms with Crippen molar-refractivity contribution in [3.05, 3.63) is 202 Å². The molecular formula is C49H47NO. The van der Waals surface area contributed by atoms with Gasteiger partial charge in [-0.3, -0.25) is 0 Å². The third-order valence-corrected chi connectivity index (χ3v) is 10.5. The van der Waals surface area contributed by atoms with E-state index in [2.05, 4.69) is 166 Å². The van der Waals surface area contributed by atoms with Crippen LogP contribution in [0.3, 0.4) is 0 Å². The second-order valence-electron chi connectivity index (χ2n) is 13.8. The number of hydrogen-bond donors (Lipinski definition) is 0. The van der Waals surface area contributed by atoms with Gasteiger partial charge in [0.2, 0.25) is 0 Å². The van der Waals surface area contributed by atoms with Gasteiger partial charge in [0, 0.05) is 29.4 Å². The van der Waals surface area contributed by atoms with Crippen LogP contribution in [0.2, 0.25) is 0 Å². The van der Waals surface area contributed by atoms with E-state index in [1.807, 2.05) is 24.3 Å². The van der Waals surface area contributed by atoms with Crippen molar-refractivity contribution in [2.24, 2.45) is 0 Å². The van der Waals surface area contributed by atoms with Gasteiger partial charge in [-0.15, -0.1) is 0 Å². The molecule has 2 unspecified atom stereocenters. The van der Waals surface area contributed by atoms with Crippen LogP contribution in [0.4, 0.5) is 5.69 Å². The monoisotopic (exact) mass is 665 g/mol. The lowest BCUT2D eigenvalue weighted by atomic mass is 9.85. The third kappa shape index (κ3) is 7.32. The number of hydrogen-bond acceptors (Lipinski definition) is 2. The summed E-state index contributed by atoms with van der Waals surface area (Å²) in [5, 5.41) is 2.18. The Morgan fingerprint density at radius 1 is 0.902 bits per heavy atom. The maximum Gasteiger partial charge on any atom is 0.138 e. The highest BCUT2D eigenvalue weighted by atomic mass is 16.3. The number of benzene rings is 4. The van der Waals surface area contributed by atoms with E-state index in [0.29, 0.717) is 5.92 Å². The average Bonchev–Trinajstić information content (AvgIpc) is 3.33. The van der Waals surface area contributed by atoms with Crippen LogP contribution in [0.25, 0.3) is 28.2 Å². The minimum absolute atomic E-state index is 0.255. The highest BCUT2D eigenvalue weighted by Gasteiger charge is 2.22. The number of nitrogens with zero attached hydrogens (tertiary/aromatic N) is 1. The summed E-state index contributed by atoms with van der Waals surface area (Å²) < 4.78 is 6.37. The number of rotatable bonds is 9. The molecule has 2 aliphatic carbocycles. The van der Waals surface area contributed by atoms with Gasteiger partial charge in [0.15, 0.2) is 0 Å².